The number of carbonyl (C=O) groups excluding carboxylic acids is 4. The number of carbonyl (C=O) groups is 4. The van der Waals surface area contributed by atoms with Gasteiger partial charge in [0, 0.05) is 56.3 Å². The van der Waals surface area contributed by atoms with Crippen LogP contribution >= 0.6 is 0 Å². The smallest absolute Gasteiger partial charge is 0.405 e. The normalized spacial score (nSPS) is 27.0. The molecule has 0 unspecified atom stereocenters. The number of fused-ring (bicyclic) bond motifs is 2. The third-order valence-electron chi connectivity index (χ3n) is 9.25. The topological polar surface area (TPSA) is 219 Å². The fourth-order valence-electron chi connectivity index (χ4n) is 6.36. The lowest BCUT2D eigenvalue weighted by Crippen LogP contribution is -2.38. The van der Waals surface area contributed by atoms with Crippen LogP contribution in [0.5, 0.6) is 0 Å². The van der Waals surface area contributed by atoms with Crippen molar-refractivity contribution < 1.29 is 43.2 Å². The summed E-state index contributed by atoms with van der Waals surface area (Å²) in [4.78, 5) is 56.7. The van der Waals surface area contributed by atoms with E-state index in [1.165, 1.54) is 20.3 Å². The van der Waals surface area contributed by atoms with Gasteiger partial charge in [-0.05, 0) is 49.8 Å². The predicted molar refractivity (Wildman–Crippen MR) is 201 cm³/mol. The number of methoxy groups -OCH3 is 2. The van der Waals surface area contributed by atoms with Gasteiger partial charge in [-0.1, -0.05) is 49.4 Å². The fraction of sp³-hybridized carbons (Fsp3) is 0.462. The molecular weight excluding hydrogens is 710 g/mol. The molecule has 4 rings (SSSR count). The molecule has 2 bridgehead atoms. The van der Waals surface area contributed by atoms with Crippen LogP contribution in [0.1, 0.15) is 51.8 Å². The zero-order valence-corrected chi connectivity index (χ0v) is 32.1. The van der Waals surface area contributed by atoms with Gasteiger partial charge in [0.05, 0.1) is 49.6 Å². The number of aromatic nitrogens is 4. The first kappa shape index (κ1) is 42.5. The molecule has 0 fully saturated rings. The van der Waals surface area contributed by atoms with Crippen LogP contribution in [0.4, 0.5) is 4.79 Å². The lowest BCUT2D eigenvalue weighted by molar-refractivity contribution is -0.120. The zero-order chi connectivity index (χ0) is 40.1. The van der Waals surface area contributed by atoms with E-state index >= 15 is 0 Å². The highest BCUT2D eigenvalue weighted by molar-refractivity contribution is 6.23. The maximum Gasteiger partial charge on any atom is 0.405 e. The van der Waals surface area contributed by atoms with Gasteiger partial charge in [0.15, 0.2) is 6.10 Å². The highest BCUT2D eigenvalue weighted by atomic mass is 16.6. The number of aliphatic hydroxyl groups excluding tert-OH is 1. The van der Waals surface area contributed by atoms with Gasteiger partial charge in [-0.25, -0.2) is 9.48 Å². The molecule has 0 saturated heterocycles. The number of aliphatic hydroxyl groups is 1. The molecule has 6 atom stereocenters. The Morgan fingerprint density at radius 2 is 1.95 bits per heavy atom. The van der Waals surface area contributed by atoms with Crippen molar-refractivity contribution >= 4 is 23.6 Å². The summed E-state index contributed by atoms with van der Waals surface area (Å²) >= 11 is 0. The number of nitrogens with one attached hydrogen (secondary N) is 2. The maximum absolute atomic E-state index is 14.0. The molecule has 5 N–H and O–H groups in total. The molecule has 2 aliphatic rings. The Morgan fingerprint density at radius 3 is 2.64 bits per heavy atom. The molecule has 16 nitrogen and oxygen atoms in total. The van der Waals surface area contributed by atoms with Gasteiger partial charge >= 0.3 is 6.09 Å². The zero-order valence-electron chi connectivity index (χ0n) is 32.1. The Labute approximate surface area is 320 Å². The number of amides is 2. The minimum absolute atomic E-state index is 0.106. The average Bonchev–Trinajstić information content (AvgIpc) is 3.60. The molecule has 2 amide bonds. The number of ether oxygens (including phenoxy) is 4. The highest BCUT2D eigenvalue weighted by Crippen LogP contribution is 2.29. The van der Waals surface area contributed by atoms with E-state index in [2.05, 4.69) is 25.9 Å². The van der Waals surface area contributed by atoms with Gasteiger partial charge in [0.25, 0.3) is 5.91 Å². The van der Waals surface area contributed by atoms with Crippen LogP contribution < -0.4 is 16.4 Å². The van der Waals surface area contributed by atoms with E-state index in [1.54, 1.807) is 62.3 Å². The van der Waals surface area contributed by atoms with E-state index in [4.69, 9.17) is 24.7 Å². The predicted octanol–water partition coefficient (Wildman–Crippen LogP) is 2.60. The molecule has 3 heterocycles. The van der Waals surface area contributed by atoms with Crippen molar-refractivity contribution in [2.75, 3.05) is 27.4 Å². The van der Waals surface area contributed by atoms with Crippen LogP contribution in [0, 0.1) is 11.8 Å². The van der Waals surface area contributed by atoms with Gasteiger partial charge in [0.2, 0.25) is 11.6 Å². The third-order valence-corrected chi connectivity index (χ3v) is 9.25. The fourth-order valence-corrected chi connectivity index (χ4v) is 6.36. The van der Waals surface area contributed by atoms with Crippen molar-refractivity contribution in [3.8, 4) is 0 Å². The molecule has 1 aliphatic heterocycles. The molecule has 0 radical (unpaired) electrons. The van der Waals surface area contributed by atoms with Gasteiger partial charge < -0.3 is 40.4 Å². The molecule has 16 heteroatoms. The Morgan fingerprint density at radius 1 is 1.16 bits per heavy atom. The number of nitrogens with zero attached hydrogens (tertiary/aromatic N) is 4. The SMILES string of the molecule is CO[C@H]1/C=C\C=C(/C)C(=O)NC2=CC(=O)C(NCCOCc3cn(Cc4cccnc4)nn3)=C(C[C@@H](C)C[C@H](OC)[C@H](O)[C@@H](C)/C=C(\C)[C@@H]1OC(N)=O)C2=O. The standard InChI is InChI=1S/C39H51N7O9/c1-23-15-29-34(42-13-14-54-22-28-21-46(45-44-28)20-27-10-8-12-41-19-27)31(47)18-30(36(29)49)43-38(50)24(2)9-7-11-32(52-5)37(55-39(40)51)26(4)17-25(3)35(48)33(16-23)53-6/h7-12,17-19,21,23,25,32-33,35,37,42,48H,13-16,20,22H2,1-6H3,(H2,40,51)(H,43,50)/b11-7-,24-9+,26-17+/t23-,25+,32+,33+,35-,37+/m1/s1. The van der Waals surface area contributed by atoms with Crippen LogP contribution in [-0.4, -0.2) is 100 Å². The van der Waals surface area contributed by atoms with Crippen LogP contribution in [0.15, 0.2) is 89.2 Å². The summed E-state index contributed by atoms with van der Waals surface area (Å²) in [6.45, 7) is 8.04. The first-order valence-electron chi connectivity index (χ1n) is 18.0. The summed E-state index contributed by atoms with van der Waals surface area (Å²) in [5.41, 5.74) is 7.92. The van der Waals surface area contributed by atoms with Crippen molar-refractivity contribution in [1.29, 1.82) is 0 Å². The quantitative estimate of drug-likeness (QED) is 0.147. The highest BCUT2D eigenvalue weighted by Gasteiger charge is 2.33. The molecule has 55 heavy (non-hydrogen) atoms. The summed E-state index contributed by atoms with van der Waals surface area (Å²) in [6.07, 6.45) is 8.75. The average molecular weight is 762 g/mol. The second-order valence-corrected chi connectivity index (χ2v) is 13.7. The third kappa shape index (κ3) is 12.1. The van der Waals surface area contributed by atoms with Crippen LogP contribution in [0.3, 0.4) is 0 Å². The number of ketones is 2. The Bertz CT molecular complexity index is 1830. The van der Waals surface area contributed by atoms with Gasteiger partial charge in [-0.2, -0.15) is 0 Å². The molecule has 0 aromatic carbocycles. The molecule has 0 spiro atoms. The second kappa shape index (κ2) is 20.4. The number of Topliss-reactive ketones (excluding diaryl/α,β-unsaturated/α-hetero) is 1. The van der Waals surface area contributed by atoms with Crippen LogP contribution in [0.2, 0.25) is 0 Å². The number of hydrogen-bond acceptors (Lipinski definition) is 13. The summed E-state index contributed by atoms with van der Waals surface area (Å²) in [7, 11) is 2.91. The first-order chi connectivity index (χ1) is 26.3. The minimum Gasteiger partial charge on any atom is -0.439 e. The van der Waals surface area contributed by atoms with Crippen molar-refractivity contribution in [1.82, 2.24) is 30.6 Å². The monoisotopic (exact) mass is 761 g/mol. The molecule has 1 aliphatic carbocycles. The summed E-state index contributed by atoms with van der Waals surface area (Å²) in [6, 6.07) is 3.79. The van der Waals surface area contributed by atoms with Crippen molar-refractivity contribution in [3.63, 3.8) is 0 Å². The number of rotatable bonds is 11. The summed E-state index contributed by atoms with van der Waals surface area (Å²) in [5, 5.41) is 25.4. The number of primary amides is 1. The van der Waals surface area contributed by atoms with Gasteiger partial charge in [-0.3, -0.25) is 19.4 Å². The van der Waals surface area contributed by atoms with E-state index < -0.39 is 53.9 Å². The lowest BCUT2D eigenvalue weighted by Gasteiger charge is -2.30. The number of allylic oxidation sites excluding steroid dienone is 4. The van der Waals surface area contributed by atoms with E-state index in [-0.39, 0.29) is 54.6 Å². The molecule has 2 aromatic heterocycles. The number of pyridine rings is 1. The second-order valence-electron chi connectivity index (χ2n) is 13.7. The van der Waals surface area contributed by atoms with Crippen LogP contribution in [-0.2, 0) is 46.5 Å². The Kier molecular flexibility index (Phi) is 15.8. The number of nitrogens with two attached hydrogens (primary N) is 1. The van der Waals surface area contributed by atoms with Crippen LogP contribution in [0.25, 0.3) is 0 Å². The Hall–Kier alpha value is -5.29. The molecule has 296 valence electrons. The minimum atomic E-state index is -1.01. The van der Waals surface area contributed by atoms with E-state index in [0.29, 0.717) is 24.2 Å². The maximum atomic E-state index is 14.0. The summed E-state index contributed by atoms with van der Waals surface area (Å²) in [5.74, 6) is -2.34. The molecular formula is C39H51N7O9. The molecule has 0 saturated carbocycles. The Balaban J connectivity index is 1.54. The first-order valence-corrected chi connectivity index (χ1v) is 18.0. The number of hydrogen-bond donors (Lipinski definition) is 4. The molecule has 2 aromatic rings. The summed E-state index contributed by atoms with van der Waals surface area (Å²) < 4.78 is 24.2. The van der Waals surface area contributed by atoms with E-state index in [1.807, 2.05) is 19.1 Å². The van der Waals surface area contributed by atoms with Crippen molar-refractivity contribution in [2.24, 2.45) is 17.6 Å². The van der Waals surface area contributed by atoms with E-state index in [0.717, 1.165) is 11.6 Å². The van der Waals surface area contributed by atoms with Crippen molar-refractivity contribution in [3.05, 3.63) is 100 Å². The van der Waals surface area contributed by atoms with Crippen molar-refractivity contribution in [2.45, 2.75) is 78.1 Å². The largest absolute Gasteiger partial charge is 0.439 e. The van der Waals surface area contributed by atoms with Gasteiger partial charge in [-0.15, -0.1) is 5.10 Å². The van der Waals surface area contributed by atoms with Gasteiger partial charge in [0.1, 0.15) is 11.8 Å². The van der Waals surface area contributed by atoms with E-state index in [9.17, 15) is 24.3 Å². The lowest BCUT2D eigenvalue weighted by atomic mass is 9.85.